The van der Waals surface area contributed by atoms with E-state index in [1.165, 1.54) is 0 Å². The highest BCUT2D eigenvalue weighted by Gasteiger charge is 2.19. The van der Waals surface area contributed by atoms with E-state index in [0.717, 1.165) is 41.4 Å². The summed E-state index contributed by atoms with van der Waals surface area (Å²) in [5.74, 6) is 2.32. The Balaban J connectivity index is 1.97. The molecule has 0 aliphatic carbocycles. The summed E-state index contributed by atoms with van der Waals surface area (Å²) >= 11 is 0. The second kappa shape index (κ2) is 6.15. The fourth-order valence-electron chi connectivity index (χ4n) is 2.08. The largest absolute Gasteiger partial charge is 0.486 e. The monoisotopic (exact) mass is 266 g/mol. The molecule has 4 heteroatoms. The van der Waals surface area contributed by atoms with E-state index >= 15 is 0 Å². The van der Waals surface area contributed by atoms with Crippen LogP contribution in [-0.2, 0) is 0 Å². The van der Waals surface area contributed by atoms with Crippen LogP contribution in [0, 0.1) is 0 Å². The number of ether oxygens (including phenoxy) is 3. The lowest BCUT2D eigenvalue weighted by atomic mass is 10.3. The molecule has 2 rings (SSSR count). The molecule has 0 N–H and O–H groups in total. The normalized spacial score (nSPS) is 14.3. The Morgan fingerprint density at radius 3 is 2.63 bits per heavy atom. The minimum absolute atomic E-state index is 0.588. The highest BCUT2D eigenvalue weighted by atomic mass is 16.6. The molecular weight excluding hydrogens is 242 g/mol. The van der Waals surface area contributed by atoms with Crippen LogP contribution in [0.3, 0.4) is 0 Å². The van der Waals surface area contributed by atoms with Crippen molar-refractivity contribution in [1.29, 1.82) is 0 Å². The number of fused-ring (bicyclic) bond motifs is 1. The van der Waals surface area contributed by atoms with Gasteiger partial charge in [0.2, 0.25) is 5.75 Å². The van der Waals surface area contributed by atoms with Gasteiger partial charge in [0.1, 0.15) is 26.4 Å². The maximum absolute atomic E-state index is 5.88. The van der Waals surface area contributed by atoms with Gasteiger partial charge < -0.3 is 18.7 Å². The van der Waals surface area contributed by atoms with E-state index in [0.29, 0.717) is 19.8 Å². The first kappa shape index (κ1) is 14.0. The van der Waals surface area contributed by atoms with Crippen LogP contribution in [0.1, 0.15) is 13.8 Å². The van der Waals surface area contributed by atoms with E-state index in [2.05, 4.69) is 20.9 Å². The van der Waals surface area contributed by atoms with Gasteiger partial charge in [-0.2, -0.15) is 0 Å². The summed E-state index contributed by atoms with van der Waals surface area (Å²) < 4.78 is 18.1. The Morgan fingerprint density at radius 2 is 1.89 bits per heavy atom. The first-order valence-electron chi connectivity index (χ1n) is 7.03. The van der Waals surface area contributed by atoms with Crippen LogP contribution in [0.5, 0.6) is 17.2 Å². The molecule has 106 valence electrons. The molecule has 19 heavy (non-hydrogen) atoms. The highest BCUT2D eigenvalue weighted by Crippen LogP contribution is 2.38. The van der Waals surface area contributed by atoms with Gasteiger partial charge in [-0.15, -0.1) is 0 Å². The summed E-state index contributed by atoms with van der Waals surface area (Å²) in [5, 5.41) is 0. The Kier molecular flexibility index (Phi) is 4.53. The molecule has 4 nitrogen and oxygen atoms in total. The smallest absolute Gasteiger partial charge is 0.203 e. The van der Waals surface area contributed by atoms with Crippen LogP contribution >= 0.6 is 0 Å². The third-order valence-electron chi connectivity index (χ3n) is 3.95. The van der Waals surface area contributed by atoms with Crippen molar-refractivity contribution in [2.24, 2.45) is 0 Å². The van der Waals surface area contributed by atoms with Gasteiger partial charge in [0.25, 0.3) is 0 Å². The second-order valence-electron chi connectivity index (χ2n) is 5.10. The third-order valence-corrected chi connectivity index (χ3v) is 3.95. The fourth-order valence-corrected chi connectivity index (χ4v) is 2.08. The molecule has 0 fully saturated rings. The molecule has 0 radical (unpaired) electrons. The first-order chi connectivity index (χ1) is 9.18. The van der Waals surface area contributed by atoms with Crippen molar-refractivity contribution in [3.63, 3.8) is 0 Å². The van der Waals surface area contributed by atoms with E-state index in [4.69, 9.17) is 14.2 Å². The molecular formula is C15H24NO3+. The van der Waals surface area contributed by atoms with E-state index < -0.39 is 0 Å². The van der Waals surface area contributed by atoms with Crippen LogP contribution in [-0.4, -0.2) is 51.0 Å². The molecule has 0 unspecified atom stereocenters. The van der Waals surface area contributed by atoms with Crippen molar-refractivity contribution in [3.8, 4) is 17.2 Å². The minimum atomic E-state index is 0.588. The second-order valence-corrected chi connectivity index (χ2v) is 5.10. The molecule has 1 aliphatic heterocycles. The van der Waals surface area contributed by atoms with Gasteiger partial charge in [0, 0.05) is 0 Å². The molecule has 1 aliphatic rings. The summed E-state index contributed by atoms with van der Waals surface area (Å²) in [7, 11) is 2.25. The lowest BCUT2D eigenvalue weighted by Crippen LogP contribution is -2.46. The van der Waals surface area contributed by atoms with Gasteiger partial charge in [-0.05, 0) is 26.0 Å². The summed E-state index contributed by atoms with van der Waals surface area (Å²) in [5.41, 5.74) is 0. The topological polar surface area (TPSA) is 27.7 Å². The van der Waals surface area contributed by atoms with Crippen molar-refractivity contribution in [3.05, 3.63) is 18.2 Å². The van der Waals surface area contributed by atoms with Crippen LogP contribution in [0.25, 0.3) is 0 Å². The molecule has 1 aromatic rings. The van der Waals surface area contributed by atoms with Crippen LogP contribution in [0.15, 0.2) is 18.2 Å². The van der Waals surface area contributed by atoms with Gasteiger partial charge in [-0.3, -0.25) is 0 Å². The zero-order valence-electron chi connectivity index (χ0n) is 12.1. The number of hydrogen-bond acceptors (Lipinski definition) is 3. The number of hydrogen-bond donors (Lipinski definition) is 0. The predicted molar refractivity (Wildman–Crippen MR) is 75.1 cm³/mol. The molecule has 0 bridgehead atoms. The number of quaternary nitrogens is 1. The van der Waals surface area contributed by atoms with E-state index in [1.807, 2.05) is 18.2 Å². The number of benzene rings is 1. The average Bonchev–Trinajstić information content (AvgIpc) is 2.47. The predicted octanol–water partition coefficient (Wildman–Crippen LogP) is 2.32. The van der Waals surface area contributed by atoms with Gasteiger partial charge >= 0.3 is 0 Å². The summed E-state index contributed by atoms with van der Waals surface area (Å²) in [6.07, 6.45) is 0. The maximum atomic E-state index is 5.88. The maximum Gasteiger partial charge on any atom is 0.203 e. The molecule has 0 saturated heterocycles. The Bertz CT molecular complexity index is 416. The number of nitrogens with zero attached hydrogens (tertiary/aromatic N) is 1. The zero-order valence-corrected chi connectivity index (χ0v) is 12.1. The van der Waals surface area contributed by atoms with Gasteiger partial charge in [-0.25, -0.2) is 0 Å². The van der Waals surface area contributed by atoms with Crippen LogP contribution in [0.2, 0.25) is 0 Å². The number of likely N-dealkylation sites (N-methyl/N-ethyl adjacent to an activating group) is 1. The quantitative estimate of drug-likeness (QED) is 0.740. The minimum Gasteiger partial charge on any atom is -0.486 e. The van der Waals surface area contributed by atoms with Crippen molar-refractivity contribution in [1.82, 2.24) is 0 Å². The van der Waals surface area contributed by atoms with Gasteiger partial charge in [0.15, 0.2) is 11.5 Å². The molecule has 0 atom stereocenters. The van der Waals surface area contributed by atoms with E-state index in [-0.39, 0.29) is 0 Å². The summed E-state index contributed by atoms with van der Waals surface area (Å²) in [4.78, 5) is 0. The lowest BCUT2D eigenvalue weighted by molar-refractivity contribution is -0.906. The molecule has 1 aromatic carbocycles. The van der Waals surface area contributed by atoms with Crippen molar-refractivity contribution < 1.29 is 18.7 Å². The number of para-hydroxylation sites is 1. The van der Waals surface area contributed by atoms with Crippen LogP contribution in [0.4, 0.5) is 0 Å². The first-order valence-corrected chi connectivity index (χ1v) is 7.03. The van der Waals surface area contributed by atoms with Crippen molar-refractivity contribution in [2.45, 2.75) is 13.8 Å². The highest BCUT2D eigenvalue weighted by molar-refractivity contribution is 5.51. The Hall–Kier alpha value is -1.42. The molecule has 1 heterocycles. The van der Waals surface area contributed by atoms with E-state index in [1.54, 1.807) is 0 Å². The van der Waals surface area contributed by atoms with Gasteiger partial charge in [0.05, 0.1) is 20.1 Å². The van der Waals surface area contributed by atoms with Crippen LogP contribution < -0.4 is 14.2 Å². The summed E-state index contributed by atoms with van der Waals surface area (Å²) in [6, 6.07) is 5.80. The molecule has 0 amide bonds. The number of rotatable bonds is 6. The van der Waals surface area contributed by atoms with Gasteiger partial charge in [-0.1, -0.05) is 6.07 Å². The molecule has 0 spiro atoms. The standard InChI is InChI=1S/C15H24NO3/c1-4-16(3,5-2)9-10-17-13-7-6-8-14-15(13)19-12-11-18-14/h6-8H,4-5,9-12H2,1-3H3/q+1. The average molecular weight is 266 g/mol. The Labute approximate surface area is 115 Å². The molecule has 0 saturated carbocycles. The lowest BCUT2D eigenvalue weighted by Gasteiger charge is -2.32. The zero-order chi connectivity index (χ0) is 13.7. The Morgan fingerprint density at radius 1 is 1.16 bits per heavy atom. The van der Waals surface area contributed by atoms with E-state index in [9.17, 15) is 0 Å². The molecule has 0 aromatic heterocycles. The summed E-state index contributed by atoms with van der Waals surface area (Å²) in [6.45, 7) is 9.55. The third kappa shape index (κ3) is 3.32. The fraction of sp³-hybridized carbons (Fsp3) is 0.600. The van der Waals surface area contributed by atoms with Crippen molar-refractivity contribution >= 4 is 0 Å². The van der Waals surface area contributed by atoms with Crippen molar-refractivity contribution in [2.75, 3.05) is 46.5 Å². The SMILES string of the molecule is CC[N+](C)(CC)CCOc1cccc2c1OCCO2.